The number of nitrogens with two attached hydrogens (primary N) is 1. The summed E-state index contributed by atoms with van der Waals surface area (Å²) in [6.45, 7) is 5.05. The van der Waals surface area contributed by atoms with E-state index in [4.69, 9.17) is 5.73 Å². The standard InChI is InChI=1S/C9H16N2/c1-9-5-2-3-7-11(9)8-4-6-10/h2-3,5H,4,6-8,10H2,1H3. The highest BCUT2D eigenvalue weighted by atomic mass is 15.1. The van der Waals surface area contributed by atoms with Gasteiger partial charge in [-0.2, -0.15) is 0 Å². The number of nitrogens with zero attached hydrogens (tertiary/aromatic N) is 1. The minimum atomic E-state index is 0.785. The molecule has 0 spiro atoms. The zero-order chi connectivity index (χ0) is 8.10. The van der Waals surface area contributed by atoms with E-state index >= 15 is 0 Å². The van der Waals surface area contributed by atoms with Crippen molar-refractivity contribution in [1.82, 2.24) is 4.90 Å². The Kier molecular flexibility index (Phi) is 3.17. The minimum Gasteiger partial charge on any atom is -0.371 e. The topological polar surface area (TPSA) is 29.3 Å². The lowest BCUT2D eigenvalue weighted by Gasteiger charge is -2.25. The summed E-state index contributed by atoms with van der Waals surface area (Å²) in [4.78, 5) is 2.34. The van der Waals surface area contributed by atoms with E-state index in [2.05, 4.69) is 30.1 Å². The summed E-state index contributed by atoms with van der Waals surface area (Å²) in [7, 11) is 0. The van der Waals surface area contributed by atoms with Crippen LogP contribution in [0, 0.1) is 0 Å². The van der Waals surface area contributed by atoms with E-state index in [0.717, 1.165) is 26.1 Å². The normalized spacial score (nSPS) is 16.9. The molecule has 0 aromatic rings. The zero-order valence-corrected chi connectivity index (χ0v) is 7.09. The van der Waals surface area contributed by atoms with Crippen LogP contribution in [0.3, 0.4) is 0 Å². The molecule has 62 valence electrons. The first-order chi connectivity index (χ1) is 5.34. The second kappa shape index (κ2) is 4.19. The summed E-state index contributed by atoms with van der Waals surface area (Å²) in [6, 6.07) is 0. The van der Waals surface area contributed by atoms with Crippen LogP contribution >= 0.6 is 0 Å². The van der Waals surface area contributed by atoms with Crippen LogP contribution in [0.4, 0.5) is 0 Å². The molecule has 2 heteroatoms. The highest BCUT2D eigenvalue weighted by Gasteiger charge is 2.03. The van der Waals surface area contributed by atoms with Gasteiger partial charge in [0.15, 0.2) is 0 Å². The van der Waals surface area contributed by atoms with Gasteiger partial charge in [-0.05, 0) is 26.0 Å². The van der Waals surface area contributed by atoms with Crippen molar-refractivity contribution in [3.63, 3.8) is 0 Å². The van der Waals surface area contributed by atoms with Crippen molar-refractivity contribution in [2.24, 2.45) is 5.73 Å². The molecule has 1 aliphatic heterocycles. The third-order valence-electron chi connectivity index (χ3n) is 1.93. The van der Waals surface area contributed by atoms with Gasteiger partial charge in [0.1, 0.15) is 0 Å². The molecule has 0 amide bonds. The zero-order valence-electron chi connectivity index (χ0n) is 7.09. The lowest BCUT2D eigenvalue weighted by molar-refractivity contribution is 0.372. The van der Waals surface area contributed by atoms with E-state index in [0.29, 0.717) is 0 Å². The Labute approximate surface area is 68.4 Å². The van der Waals surface area contributed by atoms with Gasteiger partial charge in [0.05, 0.1) is 0 Å². The molecule has 0 bridgehead atoms. The van der Waals surface area contributed by atoms with Crippen LogP contribution in [0.1, 0.15) is 13.3 Å². The van der Waals surface area contributed by atoms with Gasteiger partial charge in [-0.15, -0.1) is 0 Å². The second-order valence-electron chi connectivity index (χ2n) is 2.82. The first-order valence-corrected chi connectivity index (χ1v) is 4.13. The van der Waals surface area contributed by atoms with Crippen molar-refractivity contribution in [3.8, 4) is 0 Å². The van der Waals surface area contributed by atoms with Crippen molar-refractivity contribution >= 4 is 0 Å². The molecule has 0 unspecified atom stereocenters. The summed E-state index contributed by atoms with van der Waals surface area (Å²) in [6.07, 6.45) is 7.50. The van der Waals surface area contributed by atoms with Gasteiger partial charge in [0.2, 0.25) is 0 Å². The molecular formula is C9H16N2. The first kappa shape index (κ1) is 8.34. The molecule has 0 fully saturated rings. The van der Waals surface area contributed by atoms with E-state index in [1.807, 2.05) is 0 Å². The van der Waals surface area contributed by atoms with Crippen LogP contribution in [-0.4, -0.2) is 24.5 Å². The van der Waals surface area contributed by atoms with Gasteiger partial charge in [0.25, 0.3) is 0 Å². The van der Waals surface area contributed by atoms with Crippen LogP contribution in [0.2, 0.25) is 0 Å². The second-order valence-corrected chi connectivity index (χ2v) is 2.82. The molecule has 0 aromatic carbocycles. The molecule has 1 aliphatic rings. The van der Waals surface area contributed by atoms with Gasteiger partial charge >= 0.3 is 0 Å². The average molecular weight is 152 g/mol. The van der Waals surface area contributed by atoms with Gasteiger partial charge in [-0.3, -0.25) is 0 Å². The Morgan fingerprint density at radius 3 is 3.09 bits per heavy atom. The third kappa shape index (κ3) is 2.39. The predicted octanol–water partition coefficient (Wildman–Crippen LogP) is 1.11. The smallest absolute Gasteiger partial charge is 0.0359 e. The molecule has 0 aliphatic carbocycles. The van der Waals surface area contributed by atoms with Crippen LogP contribution in [0.15, 0.2) is 23.9 Å². The van der Waals surface area contributed by atoms with Crippen molar-refractivity contribution in [3.05, 3.63) is 23.9 Å². The van der Waals surface area contributed by atoms with E-state index in [9.17, 15) is 0 Å². The minimum absolute atomic E-state index is 0.785. The predicted molar refractivity (Wildman–Crippen MR) is 48.1 cm³/mol. The van der Waals surface area contributed by atoms with Crippen molar-refractivity contribution in [2.45, 2.75) is 13.3 Å². The Balaban J connectivity index is 2.35. The number of hydrogen-bond donors (Lipinski definition) is 1. The number of rotatable bonds is 3. The number of allylic oxidation sites excluding steroid dienone is 3. The third-order valence-corrected chi connectivity index (χ3v) is 1.93. The summed E-state index contributed by atoms with van der Waals surface area (Å²) >= 11 is 0. The fraction of sp³-hybridized carbons (Fsp3) is 0.556. The molecule has 0 atom stereocenters. The molecule has 1 heterocycles. The van der Waals surface area contributed by atoms with Gasteiger partial charge in [-0.25, -0.2) is 0 Å². The quantitative estimate of drug-likeness (QED) is 0.656. The first-order valence-electron chi connectivity index (χ1n) is 4.13. The Morgan fingerprint density at radius 2 is 2.45 bits per heavy atom. The molecular weight excluding hydrogens is 136 g/mol. The molecule has 2 nitrogen and oxygen atoms in total. The molecule has 0 aromatic heterocycles. The maximum atomic E-state index is 5.43. The van der Waals surface area contributed by atoms with Crippen LogP contribution < -0.4 is 5.73 Å². The molecule has 2 N–H and O–H groups in total. The molecule has 1 rings (SSSR count). The fourth-order valence-corrected chi connectivity index (χ4v) is 1.19. The highest BCUT2D eigenvalue weighted by Crippen LogP contribution is 2.08. The SMILES string of the molecule is CC1=CC=CCN1CCCN. The highest BCUT2D eigenvalue weighted by molar-refractivity contribution is 5.15. The summed E-state index contributed by atoms with van der Waals surface area (Å²) in [5.41, 5.74) is 6.78. The van der Waals surface area contributed by atoms with Crippen LogP contribution in [-0.2, 0) is 0 Å². The lowest BCUT2D eigenvalue weighted by atomic mass is 10.2. The van der Waals surface area contributed by atoms with Crippen LogP contribution in [0.5, 0.6) is 0 Å². The molecule has 0 radical (unpaired) electrons. The van der Waals surface area contributed by atoms with Gasteiger partial charge in [-0.1, -0.05) is 12.2 Å². The Morgan fingerprint density at radius 1 is 1.64 bits per heavy atom. The lowest BCUT2D eigenvalue weighted by Crippen LogP contribution is -2.26. The largest absolute Gasteiger partial charge is 0.371 e. The fourth-order valence-electron chi connectivity index (χ4n) is 1.19. The van der Waals surface area contributed by atoms with Crippen molar-refractivity contribution < 1.29 is 0 Å². The summed E-state index contributed by atoms with van der Waals surface area (Å²) in [5, 5.41) is 0. The molecule has 0 saturated heterocycles. The maximum Gasteiger partial charge on any atom is 0.0359 e. The molecule has 0 saturated carbocycles. The molecule has 11 heavy (non-hydrogen) atoms. The van der Waals surface area contributed by atoms with E-state index in [1.165, 1.54) is 5.70 Å². The summed E-state index contributed by atoms with van der Waals surface area (Å²) < 4.78 is 0. The Hall–Kier alpha value is -0.760. The van der Waals surface area contributed by atoms with Crippen molar-refractivity contribution in [2.75, 3.05) is 19.6 Å². The van der Waals surface area contributed by atoms with Gasteiger partial charge in [0, 0.05) is 18.8 Å². The average Bonchev–Trinajstić information content (AvgIpc) is 2.03. The van der Waals surface area contributed by atoms with E-state index < -0.39 is 0 Å². The van der Waals surface area contributed by atoms with E-state index in [-0.39, 0.29) is 0 Å². The van der Waals surface area contributed by atoms with Crippen molar-refractivity contribution in [1.29, 1.82) is 0 Å². The van der Waals surface area contributed by atoms with Gasteiger partial charge < -0.3 is 10.6 Å². The van der Waals surface area contributed by atoms with Crippen LogP contribution in [0.25, 0.3) is 0 Å². The monoisotopic (exact) mass is 152 g/mol. The summed E-state index contributed by atoms with van der Waals surface area (Å²) in [5.74, 6) is 0. The van der Waals surface area contributed by atoms with E-state index in [1.54, 1.807) is 0 Å². The number of hydrogen-bond acceptors (Lipinski definition) is 2. The maximum absolute atomic E-state index is 5.43. The Bertz CT molecular complexity index is 170.